The smallest absolute Gasteiger partial charge is 0.427 e. The predicted octanol–water partition coefficient (Wildman–Crippen LogP) is 3.35. The number of sulfonamides is 1. The minimum Gasteiger partial charge on any atom is -0.427 e. The van der Waals surface area contributed by atoms with Crippen LogP contribution in [0.3, 0.4) is 0 Å². The number of rotatable bonds is 11. The van der Waals surface area contributed by atoms with Gasteiger partial charge in [0.25, 0.3) is 10.0 Å². The molecule has 2 atom stereocenters. The molecule has 1 amide bonds. The SMILES string of the molecule is CC(C)(C)C(=O)OCOC(=O)[C@@H](Cc1cc2ccnc(N)c2cc1OC(F)(F)F)N1CC[C@H](NS(=O)(=O)c2cnc(N3CCCC3)s2)C1=O. The molecule has 2 aromatic heterocycles. The summed E-state index contributed by atoms with van der Waals surface area (Å²) in [6, 6.07) is 0.961. The van der Waals surface area contributed by atoms with Crippen molar-refractivity contribution in [3.63, 3.8) is 0 Å². The van der Waals surface area contributed by atoms with E-state index in [1.807, 2.05) is 4.90 Å². The molecule has 3 aromatic rings. The first-order valence-corrected chi connectivity index (χ1v) is 17.5. The van der Waals surface area contributed by atoms with Gasteiger partial charge in [0.15, 0.2) is 9.34 Å². The molecule has 0 saturated carbocycles. The Bertz CT molecular complexity index is 1840. The number of anilines is 2. The summed E-state index contributed by atoms with van der Waals surface area (Å²) >= 11 is 0.961. The predicted molar refractivity (Wildman–Crippen MR) is 171 cm³/mol. The van der Waals surface area contributed by atoms with Crippen LogP contribution in [0.4, 0.5) is 24.1 Å². The molecule has 0 bridgehead atoms. The minimum atomic E-state index is -5.13. The second-order valence-electron chi connectivity index (χ2n) is 12.6. The van der Waals surface area contributed by atoms with E-state index in [-0.39, 0.29) is 33.9 Å². The lowest BCUT2D eigenvalue weighted by Gasteiger charge is -2.28. The highest BCUT2D eigenvalue weighted by molar-refractivity contribution is 7.91. The number of amides is 1. The number of benzene rings is 1. The van der Waals surface area contributed by atoms with Gasteiger partial charge in [-0.3, -0.25) is 9.59 Å². The Hall–Kier alpha value is -4.23. The third kappa shape index (κ3) is 8.50. The van der Waals surface area contributed by atoms with Crippen molar-refractivity contribution in [2.45, 2.75) is 69.1 Å². The van der Waals surface area contributed by atoms with Gasteiger partial charge in [-0.15, -0.1) is 13.2 Å². The Morgan fingerprint density at radius 2 is 1.84 bits per heavy atom. The quantitative estimate of drug-likeness (QED) is 0.217. The summed E-state index contributed by atoms with van der Waals surface area (Å²) in [4.78, 5) is 50.5. The lowest BCUT2D eigenvalue weighted by atomic mass is 9.98. The summed E-state index contributed by atoms with van der Waals surface area (Å²) in [5.74, 6) is -3.37. The first-order valence-electron chi connectivity index (χ1n) is 15.2. The third-order valence-corrected chi connectivity index (χ3v) is 10.9. The number of carbonyl (C=O) groups excluding carboxylic acids is 3. The van der Waals surface area contributed by atoms with Gasteiger partial charge >= 0.3 is 18.3 Å². The maximum atomic E-state index is 13.7. The van der Waals surface area contributed by atoms with Crippen molar-refractivity contribution in [2.75, 3.05) is 37.1 Å². The highest BCUT2D eigenvalue weighted by Crippen LogP contribution is 2.35. The standard InChI is InChI=1S/C30H35F3N6O8S2/c1-29(2,3)27(42)46-16-45-26(41)21(13-18-12-17-6-8-35-24(34)19(17)14-22(18)47-30(31,32)33)39-11-7-20(25(39)40)37-49(43,44)23-15-36-28(48-23)38-9-4-5-10-38/h6,8,12,14-15,20-21,37H,4-5,7,9-11,13,16H2,1-3H3,(H2,34,35)/t20-,21+/m0/s1. The van der Waals surface area contributed by atoms with Crippen LogP contribution in [0.5, 0.6) is 5.75 Å². The summed E-state index contributed by atoms with van der Waals surface area (Å²) in [6.07, 6.45) is -1.26. The monoisotopic (exact) mass is 728 g/mol. The van der Waals surface area contributed by atoms with Crippen molar-refractivity contribution in [2.24, 2.45) is 5.41 Å². The molecule has 0 unspecified atom stereocenters. The highest BCUT2D eigenvalue weighted by Gasteiger charge is 2.43. The number of carbonyl (C=O) groups is 3. The van der Waals surface area contributed by atoms with Crippen LogP contribution in [-0.4, -0.2) is 86.0 Å². The zero-order chi connectivity index (χ0) is 35.7. The number of thiazole rings is 1. The normalized spacial score (nSPS) is 17.8. The number of likely N-dealkylation sites (tertiary alicyclic amines) is 1. The molecule has 0 radical (unpaired) electrons. The number of pyridine rings is 1. The van der Waals surface area contributed by atoms with Gasteiger partial charge in [0.1, 0.15) is 23.7 Å². The largest absolute Gasteiger partial charge is 0.573 e. The number of nitrogens with zero attached hydrogens (tertiary/aromatic N) is 4. The van der Waals surface area contributed by atoms with Crippen molar-refractivity contribution in [3.05, 3.63) is 36.2 Å². The van der Waals surface area contributed by atoms with Crippen molar-refractivity contribution >= 4 is 60.9 Å². The lowest BCUT2D eigenvalue weighted by Crippen LogP contribution is -2.48. The van der Waals surface area contributed by atoms with Crippen molar-refractivity contribution in [3.8, 4) is 5.75 Å². The number of ether oxygens (including phenoxy) is 3. The van der Waals surface area contributed by atoms with E-state index in [2.05, 4.69) is 19.4 Å². The van der Waals surface area contributed by atoms with Crippen LogP contribution in [-0.2, 0) is 40.3 Å². The van der Waals surface area contributed by atoms with E-state index in [1.165, 1.54) is 24.5 Å². The minimum absolute atomic E-state index is 0.0639. The van der Waals surface area contributed by atoms with Crippen molar-refractivity contribution < 1.29 is 50.2 Å². The van der Waals surface area contributed by atoms with Crippen LogP contribution in [0.1, 0.15) is 45.6 Å². The van der Waals surface area contributed by atoms with Gasteiger partial charge in [0.2, 0.25) is 12.7 Å². The second kappa shape index (κ2) is 13.9. The second-order valence-corrected chi connectivity index (χ2v) is 15.5. The summed E-state index contributed by atoms with van der Waals surface area (Å²) in [5.41, 5.74) is 4.81. The maximum absolute atomic E-state index is 13.7. The molecule has 266 valence electrons. The molecule has 2 fully saturated rings. The van der Waals surface area contributed by atoms with Crippen molar-refractivity contribution in [1.82, 2.24) is 19.6 Å². The van der Waals surface area contributed by atoms with Gasteiger partial charge in [-0.25, -0.2) is 23.2 Å². The first kappa shape index (κ1) is 36.1. The number of alkyl halides is 3. The molecule has 0 aliphatic carbocycles. The van der Waals surface area contributed by atoms with E-state index >= 15 is 0 Å². The zero-order valence-corrected chi connectivity index (χ0v) is 28.4. The Kier molecular flexibility index (Phi) is 10.3. The molecule has 5 rings (SSSR count). The Morgan fingerprint density at radius 3 is 2.51 bits per heavy atom. The number of nitrogens with one attached hydrogen (secondary N) is 1. The fraction of sp³-hybridized carbons (Fsp3) is 0.500. The fourth-order valence-electron chi connectivity index (χ4n) is 5.43. The average Bonchev–Trinajstić information content (AvgIpc) is 3.78. The van der Waals surface area contributed by atoms with Crippen LogP contribution >= 0.6 is 11.3 Å². The van der Waals surface area contributed by atoms with E-state index in [9.17, 15) is 36.0 Å². The van der Waals surface area contributed by atoms with Gasteiger partial charge in [-0.2, -0.15) is 4.72 Å². The van der Waals surface area contributed by atoms with Gasteiger partial charge < -0.3 is 29.7 Å². The average molecular weight is 729 g/mol. The zero-order valence-electron chi connectivity index (χ0n) is 26.8. The number of hydrogen-bond acceptors (Lipinski definition) is 13. The van der Waals surface area contributed by atoms with Crippen LogP contribution in [0.25, 0.3) is 10.8 Å². The molecule has 2 aliphatic heterocycles. The third-order valence-electron chi connectivity index (χ3n) is 7.92. The van der Waals surface area contributed by atoms with E-state index < -0.39 is 70.7 Å². The Balaban J connectivity index is 1.41. The molecular weight excluding hydrogens is 693 g/mol. The van der Waals surface area contributed by atoms with Gasteiger partial charge in [-0.05, 0) is 69.2 Å². The van der Waals surface area contributed by atoms with Gasteiger partial charge in [-0.1, -0.05) is 11.3 Å². The van der Waals surface area contributed by atoms with Gasteiger partial charge in [0.05, 0.1) is 11.6 Å². The molecule has 49 heavy (non-hydrogen) atoms. The molecule has 14 nitrogen and oxygen atoms in total. The molecule has 0 spiro atoms. The number of esters is 2. The van der Waals surface area contributed by atoms with E-state index in [0.29, 0.717) is 10.5 Å². The van der Waals surface area contributed by atoms with Crippen LogP contribution in [0.15, 0.2) is 34.8 Å². The summed E-state index contributed by atoms with van der Waals surface area (Å²) in [7, 11) is -4.21. The molecule has 3 N–H and O–H groups in total. The van der Waals surface area contributed by atoms with Gasteiger partial charge in [0, 0.05) is 37.6 Å². The topological polar surface area (TPSA) is 183 Å². The van der Waals surface area contributed by atoms with E-state index in [1.54, 1.807) is 20.8 Å². The number of aromatic nitrogens is 2. The number of halogens is 3. The van der Waals surface area contributed by atoms with Crippen molar-refractivity contribution in [1.29, 1.82) is 0 Å². The Morgan fingerprint density at radius 1 is 1.12 bits per heavy atom. The highest BCUT2D eigenvalue weighted by atomic mass is 32.2. The molecule has 4 heterocycles. The number of nitrogens with two attached hydrogens (primary N) is 1. The summed E-state index contributed by atoms with van der Waals surface area (Å²) < 4.78 is 83.8. The maximum Gasteiger partial charge on any atom is 0.573 e. The summed E-state index contributed by atoms with van der Waals surface area (Å²) in [6.45, 7) is 5.24. The van der Waals surface area contributed by atoms with E-state index in [4.69, 9.17) is 15.2 Å². The number of nitrogen functional groups attached to an aromatic ring is 1. The van der Waals surface area contributed by atoms with E-state index in [0.717, 1.165) is 48.2 Å². The Labute approximate surface area is 283 Å². The van der Waals surface area contributed by atoms with Crippen LogP contribution in [0, 0.1) is 5.41 Å². The number of hydrogen-bond donors (Lipinski definition) is 2. The molecule has 2 saturated heterocycles. The van der Waals surface area contributed by atoms with Crippen LogP contribution < -0.4 is 20.1 Å². The number of fused-ring (bicyclic) bond motifs is 1. The lowest BCUT2D eigenvalue weighted by molar-refractivity contribution is -0.274. The molecule has 19 heteroatoms. The molecule has 2 aliphatic rings. The molecular formula is C30H35F3N6O8S2. The molecule has 1 aromatic carbocycles. The first-order chi connectivity index (χ1) is 22.9. The summed E-state index contributed by atoms with van der Waals surface area (Å²) in [5, 5.41) is 1.07. The fourth-order valence-corrected chi connectivity index (χ4v) is 7.84. The van der Waals surface area contributed by atoms with Crippen LogP contribution in [0.2, 0.25) is 0 Å².